The van der Waals surface area contributed by atoms with Gasteiger partial charge in [0, 0.05) is 6.07 Å². The Morgan fingerprint density at radius 1 is 0.447 bits per heavy atom. The van der Waals surface area contributed by atoms with Crippen LogP contribution in [0.1, 0.15) is 128 Å². The number of benzene rings is 4. The Labute approximate surface area is 288 Å². The lowest BCUT2D eigenvalue weighted by molar-refractivity contribution is 0.483. The Bertz CT molecular complexity index is 1200. The highest BCUT2D eigenvalue weighted by atomic mass is 19.2. The standard InChI is InChI=1S/C15H13F3.C10H14.C9H12.2C3H8.2C2H6/c1-10-12(13(16)9-14(17)15(10)18)8-7-11-5-3-2-4-6-11;1-3-9-5-7-10(4-2)8-6-9;1-3-9-6-4-8(2)5-7-9;2*1-3-2;2*1-2/h2-6,9H,7-8H2,1H3;5-8H,3-4H2,1-2H3;4-7H,3H2,1-2H3;2*3H2,1-2H3;2*1-2H3. The third-order valence-electron chi connectivity index (χ3n) is 6.41. The van der Waals surface area contributed by atoms with E-state index in [1.807, 2.05) is 58.0 Å². The number of halogens is 3. The Kier molecular flexibility index (Phi) is 33.3. The molecule has 0 nitrogen and oxygen atoms in total. The van der Waals surface area contributed by atoms with E-state index in [0.29, 0.717) is 18.9 Å². The Morgan fingerprint density at radius 2 is 0.809 bits per heavy atom. The molecule has 4 aromatic carbocycles. The zero-order valence-electron chi connectivity index (χ0n) is 32.2. The van der Waals surface area contributed by atoms with Gasteiger partial charge in [0.15, 0.2) is 11.6 Å². The molecule has 0 aliphatic carbocycles. The van der Waals surface area contributed by atoms with Gasteiger partial charge in [0.25, 0.3) is 0 Å². The molecule has 4 aromatic rings. The van der Waals surface area contributed by atoms with Crippen molar-refractivity contribution in [2.75, 3.05) is 0 Å². The summed E-state index contributed by atoms with van der Waals surface area (Å²) in [6.45, 7) is 26.5. The molecule has 0 saturated heterocycles. The fourth-order valence-corrected chi connectivity index (χ4v) is 3.81. The van der Waals surface area contributed by atoms with Crippen molar-refractivity contribution in [1.29, 1.82) is 0 Å². The van der Waals surface area contributed by atoms with Crippen LogP contribution in [0.3, 0.4) is 0 Å². The molecule has 3 heteroatoms. The van der Waals surface area contributed by atoms with E-state index < -0.39 is 17.5 Å². The average Bonchev–Trinajstić information content (AvgIpc) is 3.11. The molecule has 0 bridgehead atoms. The van der Waals surface area contributed by atoms with E-state index in [0.717, 1.165) is 24.8 Å². The minimum atomic E-state index is -1.13. The van der Waals surface area contributed by atoms with Gasteiger partial charge in [0.2, 0.25) is 0 Å². The third-order valence-corrected chi connectivity index (χ3v) is 6.41. The number of hydrogen-bond acceptors (Lipinski definition) is 0. The maximum atomic E-state index is 13.6. The fraction of sp³-hybridized carbons (Fsp3) is 0.455. The summed E-state index contributed by atoms with van der Waals surface area (Å²) in [5, 5.41) is 0. The molecule has 0 spiro atoms. The maximum absolute atomic E-state index is 13.6. The van der Waals surface area contributed by atoms with Gasteiger partial charge in [-0.15, -0.1) is 0 Å². The Balaban J connectivity index is -0.000000571. The molecule has 0 aliphatic rings. The SMILES string of the molecule is CC.CC.CCC.CCC.CCc1ccc(C)cc1.CCc1ccc(CC)cc1.Cc1c(F)c(F)cc(F)c1CCc1ccccc1. The second kappa shape index (κ2) is 32.6. The fourth-order valence-electron chi connectivity index (χ4n) is 3.81. The number of rotatable bonds is 6. The van der Waals surface area contributed by atoms with E-state index in [1.54, 1.807) is 0 Å². The first-order chi connectivity index (χ1) is 22.6. The van der Waals surface area contributed by atoms with Crippen LogP contribution >= 0.6 is 0 Å². The summed E-state index contributed by atoms with van der Waals surface area (Å²) in [5.41, 5.74) is 6.96. The minimum Gasteiger partial charge on any atom is -0.207 e. The van der Waals surface area contributed by atoms with Gasteiger partial charge in [0.1, 0.15) is 5.82 Å². The first-order valence-electron chi connectivity index (χ1n) is 17.9. The van der Waals surface area contributed by atoms with E-state index in [9.17, 15) is 13.2 Å². The summed E-state index contributed by atoms with van der Waals surface area (Å²) in [5.74, 6) is -2.77. The van der Waals surface area contributed by atoms with Crippen molar-refractivity contribution in [3.63, 3.8) is 0 Å². The van der Waals surface area contributed by atoms with Crippen molar-refractivity contribution < 1.29 is 13.2 Å². The van der Waals surface area contributed by atoms with E-state index in [1.165, 1.54) is 42.0 Å². The third kappa shape index (κ3) is 22.8. The van der Waals surface area contributed by atoms with Crippen LogP contribution < -0.4 is 0 Å². The molecule has 47 heavy (non-hydrogen) atoms. The van der Waals surface area contributed by atoms with E-state index in [-0.39, 0.29) is 11.1 Å². The zero-order chi connectivity index (χ0) is 36.6. The van der Waals surface area contributed by atoms with E-state index >= 15 is 0 Å². The van der Waals surface area contributed by atoms with Crippen molar-refractivity contribution in [3.05, 3.63) is 141 Å². The molecule has 0 amide bonds. The maximum Gasteiger partial charge on any atom is 0.162 e. The Morgan fingerprint density at radius 3 is 1.17 bits per heavy atom. The highest BCUT2D eigenvalue weighted by Gasteiger charge is 2.15. The topological polar surface area (TPSA) is 0 Å². The van der Waals surface area contributed by atoms with Crippen molar-refractivity contribution >= 4 is 0 Å². The van der Waals surface area contributed by atoms with Gasteiger partial charge in [-0.2, -0.15) is 0 Å². The predicted molar refractivity (Wildman–Crippen MR) is 205 cm³/mol. The molecule has 0 atom stereocenters. The minimum absolute atomic E-state index is 0.0587. The largest absolute Gasteiger partial charge is 0.207 e. The van der Waals surface area contributed by atoms with Gasteiger partial charge in [-0.1, -0.05) is 173 Å². The summed E-state index contributed by atoms with van der Waals surface area (Å²) < 4.78 is 39.9. The molecule has 264 valence electrons. The summed E-state index contributed by atoms with van der Waals surface area (Å²) in [4.78, 5) is 0. The molecule has 0 radical (unpaired) electrons. The highest BCUT2D eigenvalue weighted by Crippen LogP contribution is 2.21. The van der Waals surface area contributed by atoms with Gasteiger partial charge < -0.3 is 0 Å². The smallest absolute Gasteiger partial charge is 0.162 e. The van der Waals surface area contributed by atoms with Gasteiger partial charge in [0.05, 0.1) is 0 Å². The molecule has 0 aliphatic heterocycles. The molecule has 0 aromatic heterocycles. The normalized spacial score (nSPS) is 9.02. The van der Waals surface area contributed by atoms with Crippen LogP contribution in [0.25, 0.3) is 0 Å². The Hall–Kier alpha value is -3.33. The van der Waals surface area contributed by atoms with Crippen LogP contribution in [0.4, 0.5) is 13.2 Å². The lowest BCUT2D eigenvalue weighted by Gasteiger charge is -2.09. The molecule has 0 heterocycles. The molecule has 4 rings (SSSR count). The quantitative estimate of drug-likeness (QED) is 0.182. The van der Waals surface area contributed by atoms with Crippen LogP contribution in [0, 0.1) is 31.3 Å². The molecule has 0 N–H and O–H groups in total. The van der Waals surface area contributed by atoms with Crippen molar-refractivity contribution in [2.24, 2.45) is 0 Å². The lowest BCUT2D eigenvalue weighted by atomic mass is 9.99. The monoisotopic (exact) mass is 653 g/mol. The summed E-state index contributed by atoms with van der Waals surface area (Å²) >= 11 is 0. The number of aryl methyl sites for hydroxylation is 5. The van der Waals surface area contributed by atoms with Crippen LogP contribution in [-0.4, -0.2) is 0 Å². The number of hydrogen-bond donors (Lipinski definition) is 0. The van der Waals surface area contributed by atoms with Gasteiger partial charge in [-0.25, -0.2) is 13.2 Å². The highest BCUT2D eigenvalue weighted by molar-refractivity contribution is 5.31. The second-order valence-electron chi connectivity index (χ2n) is 10.5. The summed E-state index contributed by atoms with van der Waals surface area (Å²) in [6, 6.07) is 27.6. The molecule has 0 fully saturated rings. The lowest BCUT2D eigenvalue weighted by Crippen LogP contribution is -2.03. The van der Waals surface area contributed by atoms with Gasteiger partial charge >= 0.3 is 0 Å². The first kappa shape index (κ1) is 48.1. The summed E-state index contributed by atoms with van der Waals surface area (Å²) in [6.07, 6.45) is 6.89. The average molecular weight is 653 g/mol. The molecular weight excluding hydrogens is 585 g/mol. The van der Waals surface area contributed by atoms with Crippen molar-refractivity contribution in [2.45, 2.75) is 135 Å². The van der Waals surface area contributed by atoms with E-state index in [4.69, 9.17) is 0 Å². The van der Waals surface area contributed by atoms with Crippen LogP contribution in [0.2, 0.25) is 0 Å². The van der Waals surface area contributed by atoms with E-state index in [2.05, 4.69) is 104 Å². The molecular formula is C44H67F3. The molecule has 0 unspecified atom stereocenters. The second-order valence-corrected chi connectivity index (χ2v) is 10.5. The predicted octanol–water partition coefficient (Wildman–Crippen LogP) is 14.5. The molecule has 0 saturated carbocycles. The van der Waals surface area contributed by atoms with Crippen molar-refractivity contribution in [3.8, 4) is 0 Å². The van der Waals surface area contributed by atoms with Gasteiger partial charge in [-0.3, -0.25) is 0 Å². The first-order valence-corrected chi connectivity index (χ1v) is 17.9. The zero-order valence-corrected chi connectivity index (χ0v) is 32.2. The summed E-state index contributed by atoms with van der Waals surface area (Å²) in [7, 11) is 0. The van der Waals surface area contributed by atoms with Crippen LogP contribution in [0.5, 0.6) is 0 Å². The van der Waals surface area contributed by atoms with Crippen LogP contribution in [-0.2, 0) is 32.1 Å². The van der Waals surface area contributed by atoms with Crippen molar-refractivity contribution in [1.82, 2.24) is 0 Å². The van der Waals surface area contributed by atoms with Crippen LogP contribution in [0.15, 0.2) is 84.9 Å². The van der Waals surface area contributed by atoms with Gasteiger partial charge in [-0.05, 0) is 79.3 Å².